The Labute approximate surface area is 126 Å². The van der Waals surface area contributed by atoms with E-state index in [1.54, 1.807) is 0 Å². The van der Waals surface area contributed by atoms with Gasteiger partial charge in [-0.1, -0.05) is 13.0 Å². The maximum absolute atomic E-state index is 5.96. The van der Waals surface area contributed by atoms with Crippen LogP contribution in [0.15, 0.2) is 18.2 Å². The molecule has 1 heterocycles. The SMILES string of the molecule is CCCOc1ccc(CCl)c(OCC2CCC(C)O2)c1. The van der Waals surface area contributed by atoms with Crippen molar-refractivity contribution in [3.63, 3.8) is 0 Å². The van der Waals surface area contributed by atoms with Gasteiger partial charge in [0.15, 0.2) is 0 Å². The van der Waals surface area contributed by atoms with E-state index in [1.165, 1.54) is 0 Å². The molecule has 0 aromatic heterocycles. The van der Waals surface area contributed by atoms with E-state index in [2.05, 4.69) is 13.8 Å². The molecule has 2 rings (SSSR count). The van der Waals surface area contributed by atoms with Gasteiger partial charge in [-0.3, -0.25) is 0 Å². The highest BCUT2D eigenvalue weighted by Gasteiger charge is 2.22. The number of ether oxygens (including phenoxy) is 3. The second-order valence-electron chi connectivity index (χ2n) is 5.21. The predicted octanol–water partition coefficient (Wildman–Crippen LogP) is 4.16. The zero-order valence-corrected chi connectivity index (χ0v) is 13.0. The molecule has 1 aliphatic heterocycles. The summed E-state index contributed by atoms with van der Waals surface area (Å²) in [7, 11) is 0. The summed E-state index contributed by atoms with van der Waals surface area (Å²) in [6, 6.07) is 5.82. The van der Waals surface area contributed by atoms with Gasteiger partial charge in [-0.25, -0.2) is 0 Å². The molecule has 20 heavy (non-hydrogen) atoms. The molecule has 1 aromatic rings. The van der Waals surface area contributed by atoms with Gasteiger partial charge < -0.3 is 14.2 Å². The third kappa shape index (κ3) is 4.29. The van der Waals surface area contributed by atoms with E-state index in [0.29, 0.717) is 25.2 Å². The highest BCUT2D eigenvalue weighted by molar-refractivity contribution is 6.17. The van der Waals surface area contributed by atoms with Crippen LogP contribution in [0.1, 0.15) is 38.7 Å². The van der Waals surface area contributed by atoms with Gasteiger partial charge in [0.05, 0.1) is 24.7 Å². The second kappa shape index (κ2) is 7.75. The molecule has 2 atom stereocenters. The van der Waals surface area contributed by atoms with Crippen molar-refractivity contribution in [2.45, 2.75) is 51.2 Å². The van der Waals surface area contributed by atoms with Crippen molar-refractivity contribution >= 4 is 11.6 Å². The molecule has 0 bridgehead atoms. The first-order chi connectivity index (χ1) is 9.72. The van der Waals surface area contributed by atoms with E-state index < -0.39 is 0 Å². The molecule has 1 saturated heterocycles. The zero-order valence-electron chi connectivity index (χ0n) is 12.2. The van der Waals surface area contributed by atoms with Gasteiger partial charge >= 0.3 is 0 Å². The summed E-state index contributed by atoms with van der Waals surface area (Å²) in [6.07, 6.45) is 3.68. The summed E-state index contributed by atoms with van der Waals surface area (Å²) >= 11 is 5.96. The molecule has 1 aromatic carbocycles. The van der Waals surface area contributed by atoms with Gasteiger partial charge in [-0.15, -0.1) is 11.6 Å². The van der Waals surface area contributed by atoms with Crippen LogP contribution in [0.4, 0.5) is 0 Å². The van der Waals surface area contributed by atoms with E-state index in [0.717, 1.165) is 36.3 Å². The summed E-state index contributed by atoms with van der Waals surface area (Å²) in [4.78, 5) is 0. The molecule has 2 unspecified atom stereocenters. The first-order valence-corrected chi connectivity index (χ1v) is 7.86. The van der Waals surface area contributed by atoms with Gasteiger partial charge in [0, 0.05) is 11.6 Å². The standard InChI is InChI=1S/C16H23ClO3/c1-3-8-18-14-7-5-13(10-17)16(9-14)19-11-15-6-4-12(2)20-15/h5,7,9,12,15H,3-4,6,8,10-11H2,1-2H3. The lowest BCUT2D eigenvalue weighted by Crippen LogP contribution is -2.18. The van der Waals surface area contributed by atoms with E-state index in [4.69, 9.17) is 25.8 Å². The topological polar surface area (TPSA) is 27.7 Å². The molecule has 0 N–H and O–H groups in total. The van der Waals surface area contributed by atoms with Crippen LogP contribution in [-0.2, 0) is 10.6 Å². The van der Waals surface area contributed by atoms with Crippen LogP contribution in [0.25, 0.3) is 0 Å². The van der Waals surface area contributed by atoms with Gasteiger partial charge in [-0.05, 0) is 32.3 Å². The van der Waals surface area contributed by atoms with Crippen molar-refractivity contribution in [2.24, 2.45) is 0 Å². The smallest absolute Gasteiger partial charge is 0.127 e. The van der Waals surface area contributed by atoms with Gasteiger partial charge in [0.2, 0.25) is 0 Å². The fraction of sp³-hybridized carbons (Fsp3) is 0.625. The van der Waals surface area contributed by atoms with Crippen LogP contribution in [0.5, 0.6) is 11.5 Å². The molecule has 112 valence electrons. The minimum atomic E-state index is 0.188. The third-order valence-corrected chi connectivity index (χ3v) is 3.69. The van der Waals surface area contributed by atoms with Crippen LogP contribution < -0.4 is 9.47 Å². The number of halogens is 1. The van der Waals surface area contributed by atoms with Crippen LogP contribution in [0, 0.1) is 0 Å². The average molecular weight is 299 g/mol. The minimum Gasteiger partial charge on any atom is -0.493 e. The van der Waals surface area contributed by atoms with Gasteiger partial charge in [0.1, 0.15) is 18.1 Å². The number of rotatable bonds is 7. The number of benzene rings is 1. The molecule has 0 radical (unpaired) electrons. The molecular weight excluding hydrogens is 276 g/mol. The monoisotopic (exact) mass is 298 g/mol. The number of alkyl halides is 1. The van der Waals surface area contributed by atoms with Gasteiger partial charge in [-0.2, -0.15) is 0 Å². The van der Waals surface area contributed by atoms with Crippen LogP contribution >= 0.6 is 11.6 Å². The van der Waals surface area contributed by atoms with E-state index in [9.17, 15) is 0 Å². The van der Waals surface area contributed by atoms with E-state index >= 15 is 0 Å². The number of hydrogen-bond donors (Lipinski definition) is 0. The van der Waals surface area contributed by atoms with Crippen molar-refractivity contribution in [1.82, 2.24) is 0 Å². The quantitative estimate of drug-likeness (QED) is 0.707. The Balaban J connectivity index is 1.96. The molecule has 0 amide bonds. The number of hydrogen-bond acceptors (Lipinski definition) is 3. The Kier molecular flexibility index (Phi) is 5.99. The second-order valence-corrected chi connectivity index (χ2v) is 5.48. The summed E-state index contributed by atoms with van der Waals surface area (Å²) in [5.41, 5.74) is 0.988. The van der Waals surface area contributed by atoms with Crippen LogP contribution in [0.3, 0.4) is 0 Å². The molecule has 1 aliphatic rings. The fourth-order valence-corrected chi connectivity index (χ4v) is 2.50. The minimum absolute atomic E-state index is 0.188. The van der Waals surface area contributed by atoms with Crippen LogP contribution in [0.2, 0.25) is 0 Å². The van der Waals surface area contributed by atoms with E-state index in [1.807, 2.05) is 18.2 Å². The average Bonchev–Trinajstić information content (AvgIpc) is 2.88. The first-order valence-electron chi connectivity index (χ1n) is 7.33. The summed E-state index contributed by atoms with van der Waals surface area (Å²) < 4.78 is 17.3. The highest BCUT2D eigenvalue weighted by Crippen LogP contribution is 2.28. The molecular formula is C16H23ClO3. The lowest BCUT2D eigenvalue weighted by molar-refractivity contribution is 0.0262. The summed E-state index contributed by atoms with van der Waals surface area (Å²) in [5.74, 6) is 2.07. The normalized spacial score (nSPS) is 21.9. The molecule has 0 aliphatic carbocycles. The maximum Gasteiger partial charge on any atom is 0.127 e. The van der Waals surface area contributed by atoms with Crippen molar-refractivity contribution < 1.29 is 14.2 Å². The Morgan fingerprint density at radius 2 is 2.15 bits per heavy atom. The largest absolute Gasteiger partial charge is 0.493 e. The Morgan fingerprint density at radius 3 is 2.80 bits per heavy atom. The lowest BCUT2D eigenvalue weighted by Gasteiger charge is -2.16. The molecule has 1 fully saturated rings. The van der Waals surface area contributed by atoms with E-state index in [-0.39, 0.29) is 6.10 Å². The molecule has 4 heteroatoms. The molecule has 3 nitrogen and oxygen atoms in total. The first kappa shape index (κ1) is 15.5. The Hall–Kier alpha value is -0.930. The fourth-order valence-electron chi connectivity index (χ4n) is 2.28. The zero-order chi connectivity index (χ0) is 14.4. The van der Waals surface area contributed by atoms with Crippen molar-refractivity contribution in [2.75, 3.05) is 13.2 Å². The third-order valence-electron chi connectivity index (χ3n) is 3.40. The Bertz CT molecular complexity index is 422. The van der Waals surface area contributed by atoms with Crippen molar-refractivity contribution in [1.29, 1.82) is 0 Å². The van der Waals surface area contributed by atoms with Crippen LogP contribution in [-0.4, -0.2) is 25.4 Å². The Morgan fingerprint density at radius 1 is 1.30 bits per heavy atom. The van der Waals surface area contributed by atoms with Crippen molar-refractivity contribution in [3.05, 3.63) is 23.8 Å². The maximum atomic E-state index is 5.96. The predicted molar refractivity (Wildman–Crippen MR) is 80.8 cm³/mol. The lowest BCUT2D eigenvalue weighted by atomic mass is 10.2. The van der Waals surface area contributed by atoms with Gasteiger partial charge in [0.25, 0.3) is 0 Å². The molecule has 0 saturated carbocycles. The summed E-state index contributed by atoms with van der Waals surface area (Å²) in [5, 5.41) is 0. The molecule has 0 spiro atoms. The summed E-state index contributed by atoms with van der Waals surface area (Å²) in [6.45, 7) is 5.47. The van der Waals surface area contributed by atoms with Crippen molar-refractivity contribution in [3.8, 4) is 11.5 Å². The highest BCUT2D eigenvalue weighted by atomic mass is 35.5.